The Morgan fingerprint density at radius 3 is 2.26 bits per heavy atom. The van der Waals surface area contributed by atoms with E-state index in [0.717, 1.165) is 45.2 Å². The van der Waals surface area contributed by atoms with Crippen LogP contribution in [0.4, 0.5) is 0 Å². The van der Waals surface area contributed by atoms with Gasteiger partial charge in [0.05, 0.1) is 12.1 Å². The molecular weight excluding hydrogens is 342 g/mol. The van der Waals surface area contributed by atoms with E-state index in [0.29, 0.717) is 19.8 Å². The number of nitrogens with two attached hydrogens (primary N) is 1. The van der Waals surface area contributed by atoms with Crippen molar-refractivity contribution in [1.82, 2.24) is 9.80 Å². The molecule has 1 amide bonds. The molecule has 0 bridgehead atoms. The van der Waals surface area contributed by atoms with Crippen LogP contribution in [-0.2, 0) is 14.3 Å². The molecule has 0 radical (unpaired) electrons. The smallest absolute Gasteiger partial charge is 0.242 e. The van der Waals surface area contributed by atoms with Crippen LogP contribution >= 0.6 is 0 Å². The summed E-state index contributed by atoms with van der Waals surface area (Å²) in [6.45, 7) is 11.6. The maximum absolute atomic E-state index is 13.4. The van der Waals surface area contributed by atoms with E-state index in [4.69, 9.17) is 15.2 Å². The third kappa shape index (κ3) is 8.46. The quantitative estimate of drug-likeness (QED) is 0.390. The van der Waals surface area contributed by atoms with Crippen LogP contribution in [0.5, 0.6) is 0 Å². The lowest BCUT2D eigenvalue weighted by atomic mass is 9.91. The van der Waals surface area contributed by atoms with Gasteiger partial charge in [0.2, 0.25) is 5.91 Å². The summed E-state index contributed by atoms with van der Waals surface area (Å²) in [5, 5.41) is 0. The zero-order chi connectivity index (χ0) is 20.3. The zero-order valence-electron chi connectivity index (χ0n) is 18.3. The summed E-state index contributed by atoms with van der Waals surface area (Å²) in [5.41, 5.74) is 5.68. The van der Waals surface area contributed by atoms with E-state index < -0.39 is 5.54 Å². The zero-order valence-corrected chi connectivity index (χ0v) is 18.3. The Bertz CT molecular complexity index is 403. The molecule has 0 aromatic rings. The topological polar surface area (TPSA) is 68.0 Å². The molecule has 1 aliphatic rings. The van der Waals surface area contributed by atoms with Crippen molar-refractivity contribution in [3.8, 4) is 0 Å². The molecule has 6 nitrogen and oxygen atoms in total. The van der Waals surface area contributed by atoms with E-state index in [9.17, 15) is 4.79 Å². The van der Waals surface area contributed by atoms with Gasteiger partial charge < -0.3 is 25.0 Å². The Labute approximate surface area is 166 Å². The highest BCUT2D eigenvalue weighted by molar-refractivity contribution is 5.86. The number of hydrogen-bond acceptors (Lipinski definition) is 5. The number of nitrogens with zero attached hydrogens (tertiary/aromatic N) is 2. The van der Waals surface area contributed by atoms with Crippen LogP contribution in [0.15, 0.2) is 0 Å². The number of hydrogen-bond donors (Lipinski definition) is 1. The van der Waals surface area contributed by atoms with E-state index in [1.165, 1.54) is 12.8 Å². The average Bonchev–Trinajstić information content (AvgIpc) is 2.64. The Morgan fingerprint density at radius 1 is 1.15 bits per heavy atom. The van der Waals surface area contributed by atoms with Crippen molar-refractivity contribution in [2.24, 2.45) is 5.73 Å². The molecule has 0 aromatic heterocycles. The molecule has 160 valence electrons. The van der Waals surface area contributed by atoms with Crippen LogP contribution in [0.3, 0.4) is 0 Å². The Kier molecular flexibility index (Phi) is 11.5. The second kappa shape index (κ2) is 12.7. The number of amides is 1. The number of ether oxygens (including phenoxy) is 2. The van der Waals surface area contributed by atoms with Gasteiger partial charge in [-0.25, -0.2) is 0 Å². The summed E-state index contributed by atoms with van der Waals surface area (Å²) >= 11 is 0. The lowest BCUT2D eigenvalue weighted by molar-refractivity contribution is -0.167. The molecule has 1 heterocycles. The van der Waals surface area contributed by atoms with E-state index in [2.05, 4.69) is 18.9 Å². The molecule has 2 N–H and O–H groups in total. The summed E-state index contributed by atoms with van der Waals surface area (Å²) in [6.07, 6.45) is 6.78. The van der Waals surface area contributed by atoms with Crippen molar-refractivity contribution in [2.75, 3.05) is 39.9 Å². The number of carbonyl (C=O) groups excluding carboxylic acids is 1. The fourth-order valence-electron chi connectivity index (χ4n) is 3.74. The van der Waals surface area contributed by atoms with Gasteiger partial charge in [0.1, 0.15) is 0 Å². The van der Waals surface area contributed by atoms with Crippen LogP contribution in [0.1, 0.15) is 72.6 Å². The molecule has 0 unspecified atom stereocenters. The first-order valence-electron chi connectivity index (χ1n) is 10.9. The number of rotatable bonds is 13. The first kappa shape index (κ1) is 24.3. The van der Waals surface area contributed by atoms with E-state index in [-0.39, 0.29) is 18.2 Å². The van der Waals surface area contributed by atoms with Crippen molar-refractivity contribution in [1.29, 1.82) is 0 Å². The molecule has 0 aromatic carbocycles. The minimum Gasteiger partial charge on any atom is -0.351 e. The first-order valence-corrected chi connectivity index (χ1v) is 10.9. The summed E-state index contributed by atoms with van der Waals surface area (Å²) in [7, 11) is 2.13. The summed E-state index contributed by atoms with van der Waals surface area (Å²) in [6, 6.07) is 0.204. The maximum Gasteiger partial charge on any atom is 0.242 e. The summed E-state index contributed by atoms with van der Waals surface area (Å²) in [5.74, 6) is 0.0398. The van der Waals surface area contributed by atoms with Crippen LogP contribution < -0.4 is 5.73 Å². The Balaban J connectivity index is 2.85. The second-order valence-electron chi connectivity index (χ2n) is 8.06. The third-order valence-corrected chi connectivity index (χ3v) is 5.48. The minimum atomic E-state index is -0.833. The number of carbonyl (C=O) groups is 1. The fourth-order valence-corrected chi connectivity index (χ4v) is 3.74. The molecule has 1 atom stereocenters. The van der Waals surface area contributed by atoms with Crippen molar-refractivity contribution in [3.63, 3.8) is 0 Å². The molecule has 1 aliphatic heterocycles. The second-order valence-corrected chi connectivity index (χ2v) is 8.06. The van der Waals surface area contributed by atoms with Crippen LogP contribution in [0, 0.1) is 0 Å². The summed E-state index contributed by atoms with van der Waals surface area (Å²) in [4.78, 5) is 17.7. The molecular formula is C21H43N3O3. The van der Waals surface area contributed by atoms with Gasteiger partial charge in [-0.2, -0.15) is 0 Å². The predicted molar refractivity (Wildman–Crippen MR) is 111 cm³/mol. The molecule has 27 heavy (non-hydrogen) atoms. The van der Waals surface area contributed by atoms with Gasteiger partial charge in [-0.05, 0) is 60.2 Å². The van der Waals surface area contributed by atoms with Gasteiger partial charge in [-0.15, -0.1) is 0 Å². The van der Waals surface area contributed by atoms with Crippen molar-refractivity contribution in [2.45, 2.75) is 90.5 Å². The normalized spacial score (nSPS) is 18.6. The average molecular weight is 386 g/mol. The van der Waals surface area contributed by atoms with Gasteiger partial charge in [0.15, 0.2) is 6.29 Å². The minimum absolute atomic E-state index is 0.0398. The molecule has 6 heteroatoms. The molecule has 1 saturated heterocycles. The van der Waals surface area contributed by atoms with Crippen LogP contribution in [0.25, 0.3) is 0 Å². The third-order valence-electron chi connectivity index (χ3n) is 5.48. The number of likely N-dealkylation sites (tertiary alicyclic amines) is 1. The van der Waals surface area contributed by atoms with E-state index in [1.54, 1.807) is 0 Å². The standard InChI is InChI=1S/C21H43N3O3/c1-6-9-10-11-14-21(4,22)20(25)24(17-19(26-7-2)27-8-3)18-12-15-23(5)16-13-18/h18-19H,6-17,22H2,1-5H3/t21-/m1/s1. The monoisotopic (exact) mass is 385 g/mol. The number of unbranched alkanes of at least 4 members (excludes halogenated alkanes) is 3. The van der Waals surface area contributed by atoms with Gasteiger partial charge in [-0.1, -0.05) is 32.6 Å². The molecule has 1 rings (SSSR count). The maximum atomic E-state index is 13.4. The predicted octanol–water partition coefficient (Wildman–Crippen LogP) is 3.00. The molecule has 0 spiro atoms. The van der Waals surface area contributed by atoms with Gasteiger partial charge in [0.25, 0.3) is 0 Å². The SMILES string of the molecule is CCCCCC[C@@](C)(N)C(=O)N(CC(OCC)OCC)C1CCN(C)CC1. The largest absolute Gasteiger partial charge is 0.351 e. The Morgan fingerprint density at radius 2 is 1.74 bits per heavy atom. The van der Waals surface area contributed by atoms with Crippen molar-refractivity contribution >= 4 is 5.91 Å². The van der Waals surface area contributed by atoms with E-state index in [1.807, 2.05) is 25.7 Å². The number of piperidine rings is 1. The first-order chi connectivity index (χ1) is 12.9. The Hall–Kier alpha value is -0.690. The highest BCUT2D eigenvalue weighted by Gasteiger charge is 2.37. The fraction of sp³-hybridized carbons (Fsp3) is 0.952. The highest BCUT2D eigenvalue weighted by Crippen LogP contribution is 2.23. The van der Waals surface area contributed by atoms with E-state index >= 15 is 0 Å². The highest BCUT2D eigenvalue weighted by atomic mass is 16.7. The summed E-state index contributed by atoms with van der Waals surface area (Å²) < 4.78 is 11.5. The van der Waals surface area contributed by atoms with Crippen molar-refractivity contribution in [3.05, 3.63) is 0 Å². The van der Waals surface area contributed by atoms with Gasteiger partial charge in [-0.3, -0.25) is 4.79 Å². The molecule has 0 aliphatic carbocycles. The van der Waals surface area contributed by atoms with Crippen LogP contribution in [0.2, 0.25) is 0 Å². The van der Waals surface area contributed by atoms with Gasteiger partial charge in [0, 0.05) is 19.3 Å². The van der Waals surface area contributed by atoms with Crippen LogP contribution in [-0.4, -0.2) is 73.5 Å². The van der Waals surface area contributed by atoms with Gasteiger partial charge >= 0.3 is 0 Å². The molecule has 0 saturated carbocycles. The van der Waals surface area contributed by atoms with Crippen molar-refractivity contribution < 1.29 is 14.3 Å². The lowest BCUT2D eigenvalue weighted by Gasteiger charge is -2.42. The molecule has 1 fully saturated rings. The lowest BCUT2D eigenvalue weighted by Crippen LogP contribution is -2.59.